The van der Waals surface area contributed by atoms with E-state index in [2.05, 4.69) is 35.0 Å². The third kappa shape index (κ3) is 6.49. The number of amides is 2. The molecule has 156 valence electrons. The van der Waals surface area contributed by atoms with Crippen LogP contribution in [0.1, 0.15) is 26.3 Å². The maximum absolute atomic E-state index is 12.5. The van der Waals surface area contributed by atoms with Crippen LogP contribution in [0.25, 0.3) is 0 Å². The highest BCUT2D eigenvalue weighted by molar-refractivity contribution is 5.95. The smallest absolute Gasteiger partial charge is 0.244 e. The van der Waals surface area contributed by atoms with E-state index in [1.165, 1.54) is 6.92 Å². The highest BCUT2D eigenvalue weighted by Crippen LogP contribution is 2.22. The van der Waals surface area contributed by atoms with Crippen molar-refractivity contribution in [3.63, 3.8) is 0 Å². The Hall–Kier alpha value is -2.12. The predicted octanol–water partition coefficient (Wildman–Crippen LogP) is 1.96. The lowest BCUT2D eigenvalue weighted by molar-refractivity contribution is -0.133. The summed E-state index contributed by atoms with van der Waals surface area (Å²) in [6.07, 6.45) is 0. The van der Waals surface area contributed by atoms with E-state index in [-0.39, 0.29) is 18.4 Å². The first-order chi connectivity index (χ1) is 13.4. The van der Waals surface area contributed by atoms with E-state index in [0.717, 1.165) is 62.9 Å². The van der Waals surface area contributed by atoms with Crippen LogP contribution in [0.3, 0.4) is 0 Å². The average molecular weight is 391 g/mol. The van der Waals surface area contributed by atoms with E-state index >= 15 is 0 Å². The number of ether oxygens (including phenoxy) is 1. The summed E-state index contributed by atoms with van der Waals surface area (Å²) in [6, 6.07) is 6.05. The number of nitrogens with zero attached hydrogens (tertiary/aromatic N) is 3. The molecule has 28 heavy (non-hydrogen) atoms. The normalized spacial score (nSPS) is 14.6. The molecule has 0 bridgehead atoms. The molecular formula is C21H34N4O3. The second-order valence-electron chi connectivity index (χ2n) is 7.11. The lowest BCUT2D eigenvalue weighted by atomic mass is 10.1. The van der Waals surface area contributed by atoms with Gasteiger partial charge in [-0.05, 0) is 44.5 Å². The highest BCUT2D eigenvalue weighted by atomic mass is 16.5. The minimum Gasteiger partial charge on any atom is -0.379 e. The SMILES string of the molecule is CCN(CC)c1ccc(NC(=O)CN(CCN2CCOCC2)C(C)=O)c(C)c1. The van der Waals surface area contributed by atoms with Gasteiger partial charge < -0.3 is 19.9 Å². The number of rotatable bonds is 9. The predicted molar refractivity (Wildman–Crippen MR) is 113 cm³/mol. The fraction of sp³-hybridized carbons (Fsp3) is 0.619. The molecule has 0 aromatic heterocycles. The number of carbonyl (C=O) groups excluding carboxylic acids is 2. The van der Waals surface area contributed by atoms with Crippen molar-refractivity contribution >= 4 is 23.2 Å². The molecule has 0 unspecified atom stereocenters. The fourth-order valence-corrected chi connectivity index (χ4v) is 3.37. The number of aryl methyl sites for hydroxylation is 1. The number of nitrogens with one attached hydrogen (secondary N) is 1. The first-order valence-electron chi connectivity index (χ1n) is 10.2. The molecule has 1 fully saturated rings. The van der Waals surface area contributed by atoms with Crippen LogP contribution in [0.5, 0.6) is 0 Å². The van der Waals surface area contributed by atoms with E-state index in [4.69, 9.17) is 4.74 Å². The second kappa shape index (κ2) is 11.0. The van der Waals surface area contributed by atoms with Crippen LogP contribution in [0.4, 0.5) is 11.4 Å². The minimum absolute atomic E-state index is 0.0664. The van der Waals surface area contributed by atoms with E-state index in [9.17, 15) is 9.59 Å². The van der Waals surface area contributed by atoms with Crippen LogP contribution in [0.2, 0.25) is 0 Å². The number of hydrogen-bond donors (Lipinski definition) is 1. The first kappa shape index (κ1) is 22.2. The Morgan fingerprint density at radius 3 is 2.43 bits per heavy atom. The molecule has 1 aliphatic rings. The topological polar surface area (TPSA) is 65.1 Å². The van der Waals surface area contributed by atoms with Crippen molar-refractivity contribution in [2.75, 3.05) is 69.2 Å². The summed E-state index contributed by atoms with van der Waals surface area (Å²) < 4.78 is 5.34. The molecule has 1 aliphatic heterocycles. The van der Waals surface area contributed by atoms with E-state index < -0.39 is 0 Å². The molecule has 0 atom stereocenters. The van der Waals surface area contributed by atoms with Crippen LogP contribution < -0.4 is 10.2 Å². The molecule has 1 heterocycles. The van der Waals surface area contributed by atoms with Crippen LogP contribution in [-0.4, -0.2) is 80.6 Å². The Balaban J connectivity index is 1.91. The van der Waals surface area contributed by atoms with Gasteiger partial charge in [0.2, 0.25) is 11.8 Å². The van der Waals surface area contributed by atoms with Gasteiger partial charge in [-0.3, -0.25) is 14.5 Å². The largest absolute Gasteiger partial charge is 0.379 e. The van der Waals surface area contributed by atoms with Crippen molar-refractivity contribution in [2.24, 2.45) is 0 Å². The molecule has 1 aromatic rings. The zero-order valence-corrected chi connectivity index (χ0v) is 17.7. The Morgan fingerprint density at radius 1 is 1.18 bits per heavy atom. The lowest BCUT2D eigenvalue weighted by Gasteiger charge is -2.29. The van der Waals surface area contributed by atoms with Crippen molar-refractivity contribution in [1.29, 1.82) is 0 Å². The monoisotopic (exact) mass is 390 g/mol. The Bertz CT molecular complexity index is 655. The number of hydrogen-bond acceptors (Lipinski definition) is 5. The second-order valence-corrected chi connectivity index (χ2v) is 7.11. The maximum atomic E-state index is 12.5. The summed E-state index contributed by atoms with van der Waals surface area (Å²) in [7, 11) is 0. The lowest BCUT2D eigenvalue weighted by Crippen LogP contribution is -2.44. The molecule has 0 spiro atoms. The zero-order chi connectivity index (χ0) is 20.5. The molecule has 2 rings (SSSR count). The van der Waals surface area contributed by atoms with Gasteiger partial charge >= 0.3 is 0 Å². The Kier molecular flexibility index (Phi) is 8.73. The quantitative estimate of drug-likeness (QED) is 0.698. The molecule has 0 radical (unpaired) electrons. The number of carbonyl (C=O) groups is 2. The minimum atomic E-state index is -0.170. The zero-order valence-electron chi connectivity index (χ0n) is 17.7. The molecule has 7 nitrogen and oxygen atoms in total. The van der Waals surface area contributed by atoms with Crippen molar-refractivity contribution in [3.05, 3.63) is 23.8 Å². The number of morpholine rings is 1. The molecule has 7 heteroatoms. The van der Waals surface area contributed by atoms with Crippen molar-refractivity contribution in [3.8, 4) is 0 Å². The van der Waals surface area contributed by atoms with Gasteiger partial charge in [0, 0.05) is 57.6 Å². The third-order valence-corrected chi connectivity index (χ3v) is 5.18. The molecule has 1 saturated heterocycles. The molecule has 0 saturated carbocycles. The summed E-state index contributed by atoms with van der Waals surface area (Å²) in [6.45, 7) is 14.2. The van der Waals surface area contributed by atoms with Crippen LogP contribution in [0.15, 0.2) is 18.2 Å². The van der Waals surface area contributed by atoms with Crippen LogP contribution in [0, 0.1) is 6.92 Å². The van der Waals surface area contributed by atoms with Gasteiger partial charge in [-0.2, -0.15) is 0 Å². The third-order valence-electron chi connectivity index (χ3n) is 5.18. The van der Waals surface area contributed by atoms with Gasteiger partial charge in [0.25, 0.3) is 0 Å². The van der Waals surface area contributed by atoms with Gasteiger partial charge in [-0.1, -0.05) is 0 Å². The first-order valence-corrected chi connectivity index (χ1v) is 10.2. The van der Waals surface area contributed by atoms with Gasteiger partial charge in [0.15, 0.2) is 0 Å². The number of benzene rings is 1. The van der Waals surface area contributed by atoms with E-state index in [0.29, 0.717) is 6.54 Å². The van der Waals surface area contributed by atoms with Gasteiger partial charge in [-0.25, -0.2) is 0 Å². The van der Waals surface area contributed by atoms with Crippen molar-refractivity contribution < 1.29 is 14.3 Å². The fourth-order valence-electron chi connectivity index (χ4n) is 3.37. The summed E-state index contributed by atoms with van der Waals surface area (Å²) in [4.78, 5) is 30.6. The molecule has 1 aromatic carbocycles. The summed E-state index contributed by atoms with van der Waals surface area (Å²) >= 11 is 0. The van der Waals surface area contributed by atoms with Gasteiger partial charge in [-0.15, -0.1) is 0 Å². The van der Waals surface area contributed by atoms with E-state index in [1.54, 1.807) is 4.90 Å². The van der Waals surface area contributed by atoms with Gasteiger partial charge in [0.05, 0.1) is 19.8 Å². The summed E-state index contributed by atoms with van der Waals surface area (Å²) in [5.74, 6) is -0.257. The van der Waals surface area contributed by atoms with Crippen molar-refractivity contribution in [1.82, 2.24) is 9.80 Å². The summed E-state index contributed by atoms with van der Waals surface area (Å²) in [5.41, 5.74) is 2.95. The maximum Gasteiger partial charge on any atom is 0.244 e. The van der Waals surface area contributed by atoms with Gasteiger partial charge in [0.1, 0.15) is 0 Å². The number of anilines is 2. The highest BCUT2D eigenvalue weighted by Gasteiger charge is 2.17. The molecular weight excluding hydrogens is 356 g/mol. The Morgan fingerprint density at radius 2 is 1.86 bits per heavy atom. The Labute approximate surface area is 168 Å². The van der Waals surface area contributed by atoms with Crippen LogP contribution >= 0.6 is 0 Å². The standard InChI is InChI=1S/C21H34N4O3/c1-5-24(6-2)19-7-8-20(17(3)15-19)22-21(27)16-25(18(4)26)10-9-23-11-13-28-14-12-23/h7-8,15H,5-6,9-14,16H2,1-4H3,(H,22,27). The summed E-state index contributed by atoms with van der Waals surface area (Å²) in [5, 5.41) is 2.95. The molecule has 1 N–H and O–H groups in total. The van der Waals surface area contributed by atoms with E-state index in [1.807, 2.05) is 19.1 Å². The van der Waals surface area contributed by atoms with Crippen LogP contribution in [-0.2, 0) is 14.3 Å². The average Bonchev–Trinajstić information content (AvgIpc) is 2.68. The molecule has 2 amide bonds. The van der Waals surface area contributed by atoms with Crippen molar-refractivity contribution in [2.45, 2.75) is 27.7 Å². The molecule has 0 aliphatic carbocycles.